The molecule has 4 aromatic carbocycles. The van der Waals surface area contributed by atoms with Gasteiger partial charge in [-0.15, -0.1) is 0 Å². The molecule has 1 atom stereocenters. The number of rotatable bonds is 3. The highest BCUT2D eigenvalue weighted by atomic mass is 16.5. The summed E-state index contributed by atoms with van der Waals surface area (Å²) in [7, 11) is 1.60. The number of ether oxygens (including phenoxy) is 1. The zero-order chi connectivity index (χ0) is 18.4. The van der Waals surface area contributed by atoms with Gasteiger partial charge in [-0.2, -0.15) is 0 Å². The lowest BCUT2D eigenvalue weighted by Gasteiger charge is -2.15. The molecule has 0 spiro atoms. The molecule has 27 heavy (non-hydrogen) atoms. The molecule has 0 heterocycles. The van der Waals surface area contributed by atoms with E-state index in [-0.39, 0.29) is 5.78 Å². The molecule has 130 valence electrons. The minimum atomic E-state index is -0.515. The molecule has 1 unspecified atom stereocenters. The second-order valence-corrected chi connectivity index (χ2v) is 6.83. The monoisotopic (exact) mass is 350 g/mol. The number of ketones is 1. The number of hydrogen-bond donors (Lipinski definition) is 0. The van der Waals surface area contributed by atoms with E-state index in [0.29, 0.717) is 0 Å². The molecular weight excluding hydrogens is 332 g/mol. The third kappa shape index (κ3) is 2.34. The summed E-state index contributed by atoms with van der Waals surface area (Å²) in [6.45, 7) is 0. The van der Waals surface area contributed by atoms with E-state index in [0.717, 1.165) is 44.2 Å². The van der Waals surface area contributed by atoms with Gasteiger partial charge in [0.2, 0.25) is 0 Å². The summed E-state index contributed by atoms with van der Waals surface area (Å²) in [6, 6.07) is 28.9. The number of carbonyl (C=O) groups excluding carboxylic acids is 1. The van der Waals surface area contributed by atoms with Crippen LogP contribution in [0.15, 0.2) is 84.9 Å². The quantitative estimate of drug-likeness (QED) is 0.449. The average Bonchev–Trinajstić information content (AvgIpc) is 3.02. The molecule has 0 aliphatic heterocycles. The summed E-state index contributed by atoms with van der Waals surface area (Å²) in [5.74, 6) is 0.0438. The molecule has 0 saturated heterocycles. The Balaban J connectivity index is 1.93. The Morgan fingerprint density at radius 1 is 0.630 bits per heavy atom. The highest BCUT2D eigenvalue weighted by molar-refractivity contribution is 6.22. The summed E-state index contributed by atoms with van der Waals surface area (Å²) in [4.78, 5) is 12.9. The van der Waals surface area contributed by atoms with Crippen molar-refractivity contribution in [1.82, 2.24) is 0 Å². The van der Waals surface area contributed by atoms with Gasteiger partial charge in [-0.05, 0) is 33.2 Å². The zero-order valence-electron chi connectivity index (χ0n) is 15.0. The third-order valence-corrected chi connectivity index (χ3v) is 5.38. The molecule has 2 heteroatoms. The van der Waals surface area contributed by atoms with Gasteiger partial charge in [-0.3, -0.25) is 4.79 Å². The summed E-state index contributed by atoms with van der Waals surface area (Å²) < 4.78 is 5.54. The van der Waals surface area contributed by atoms with Crippen molar-refractivity contribution in [2.24, 2.45) is 0 Å². The van der Waals surface area contributed by atoms with Crippen LogP contribution in [0.25, 0.3) is 33.0 Å². The van der Waals surface area contributed by atoms with Crippen molar-refractivity contribution >= 4 is 16.6 Å². The number of carbonyl (C=O) groups is 1. The average molecular weight is 350 g/mol. The first-order valence-electron chi connectivity index (χ1n) is 9.07. The van der Waals surface area contributed by atoms with E-state index in [2.05, 4.69) is 36.4 Å². The van der Waals surface area contributed by atoms with Gasteiger partial charge in [0, 0.05) is 18.1 Å². The van der Waals surface area contributed by atoms with E-state index < -0.39 is 6.10 Å². The Hall–Kier alpha value is -3.23. The maximum absolute atomic E-state index is 12.9. The first-order valence-corrected chi connectivity index (χ1v) is 9.07. The predicted molar refractivity (Wildman–Crippen MR) is 109 cm³/mol. The van der Waals surface area contributed by atoms with Crippen molar-refractivity contribution in [1.29, 1.82) is 0 Å². The summed E-state index contributed by atoms with van der Waals surface area (Å²) >= 11 is 0. The van der Waals surface area contributed by atoms with Crippen LogP contribution in [-0.4, -0.2) is 12.9 Å². The molecule has 0 bridgehead atoms. The molecule has 1 aliphatic rings. The van der Waals surface area contributed by atoms with Crippen molar-refractivity contribution in [3.8, 4) is 22.3 Å². The predicted octanol–water partition coefficient (Wildman–Crippen LogP) is 6.06. The molecule has 1 aliphatic carbocycles. The van der Waals surface area contributed by atoms with Crippen molar-refractivity contribution in [3.05, 3.63) is 96.1 Å². The van der Waals surface area contributed by atoms with Crippen molar-refractivity contribution in [3.63, 3.8) is 0 Å². The summed E-state index contributed by atoms with van der Waals surface area (Å²) in [6.07, 6.45) is -0.515. The molecular formula is C25H18O2. The van der Waals surface area contributed by atoms with E-state index in [1.165, 1.54) is 0 Å². The Kier molecular flexibility index (Phi) is 3.66. The van der Waals surface area contributed by atoms with Crippen LogP contribution in [0.2, 0.25) is 0 Å². The maximum atomic E-state index is 12.9. The van der Waals surface area contributed by atoms with Crippen molar-refractivity contribution in [2.75, 3.05) is 7.11 Å². The Morgan fingerprint density at radius 2 is 1.15 bits per heavy atom. The Bertz CT molecular complexity index is 1120. The number of Topliss-reactive ketones (excluding diaryl/α,β-unsaturated/α-hetero) is 1. The molecule has 0 fully saturated rings. The molecule has 2 nitrogen and oxygen atoms in total. The maximum Gasteiger partial charge on any atom is 0.196 e. The SMILES string of the molecule is COC1C(=O)c2ccc(-c3ccccc3)c3c(-c4ccccc4)ccc1c23. The number of benzene rings is 4. The van der Waals surface area contributed by atoms with Gasteiger partial charge >= 0.3 is 0 Å². The first-order chi connectivity index (χ1) is 13.3. The van der Waals surface area contributed by atoms with Crippen LogP contribution in [0, 0.1) is 0 Å². The van der Waals surface area contributed by atoms with Gasteiger partial charge in [-0.25, -0.2) is 0 Å². The molecule has 0 amide bonds. The highest BCUT2D eigenvalue weighted by Crippen LogP contribution is 2.46. The second kappa shape index (κ2) is 6.19. The Labute approximate surface area is 158 Å². The zero-order valence-corrected chi connectivity index (χ0v) is 15.0. The molecule has 0 radical (unpaired) electrons. The fourth-order valence-corrected chi connectivity index (χ4v) is 4.18. The molecule has 5 rings (SSSR count). The van der Waals surface area contributed by atoms with Gasteiger partial charge in [0.25, 0.3) is 0 Å². The minimum absolute atomic E-state index is 0.0438. The smallest absolute Gasteiger partial charge is 0.196 e. The Morgan fingerprint density at radius 3 is 1.70 bits per heavy atom. The van der Waals surface area contributed by atoms with Gasteiger partial charge in [0.05, 0.1) is 0 Å². The molecule has 0 N–H and O–H groups in total. The first kappa shape index (κ1) is 16.0. The van der Waals surface area contributed by atoms with E-state index in [4.69, 9.17) is 4.74 Å². The standard InChI is InChI=1S/C25H18O2/c1-27-25-21-15-13-19(17-10-6-3-7-11-17)22-18(16-8-4-2-5-9-16)12-14-20(23(21)22)24(25)26/h2-15,25H,1H3. The van der Waals surface area contributed by atoms with E-state index in [1.54, 1.807) is 7.11 Å². The van der Waals surface area contributed by atoms with Crippen LogP contribution >= 0.6 is 0 Å². The second-order valence-electron chi connectivity index (χ2n) is 6.83. The van der Waals surface area contributed by atoms with Gasteiger partial charge in [-0.1, -0.05) is 84.9 Å². The highest BCUT2D eigenvalue weighted by Gasteiger charge is 2.34. The largest absolute Gasteiger partial charge is 0.369 e. The van der Waals surface area contributed by atoms with Crippen LogP contribution in [0.3, 0.4) is 0 Å². The van der Waals surface area contributed by atoms with Crippen LogP contribution < -0.4 is 0 Å². The van der Waals surface area contributed by atoms with Crippen molar-refractivity contribution in [2.45, 2.75) is 6.10 Å². The lowest BCUT2D eigenvalue weighted by Crippen LogP contribution is -2.07. The number of methoxy groups -OCH3 is 1. The summed E-state index contributed by atoms with van der Waals surface area (Å²) in [5.41, 5.74) is 6.28. The lowest BCUT2D eigenvalue weighted by molar-refractivity contribution is 0.0628. The summed E-state index contributed by atoms with van der Waals surface area (Å²) in [5, 5.41) is 2.14. The fraction of sp³-hybridized carbons (Fsp3) is 0.0800. The molecule has 0 aromatic heterocycles. The van der Waals surface area contributed by atoms with Gasteiger partial charge in [0.1, 0.15) is 6.10 Å². The minimum Gasteiger partial charge on any atom is -0.369 e. The third-order valence-electron chi connectivity index (χ3n) is 5.38. The number of hydrogen-bond acceptors (Lipinski definition) is 2. The van der Waals surface area contributed by atoms with Gasteiger partial charge in [0.15, 0.2) is 5.78 Å². The fourth-order valence-electron chi connectivity index (χ4n) is 4.18. The molecule has 0 saturated carbocycles. The van der Waals surface area contributed by atoms with Crippen molar-refractivity contribution < 1.29 is 9.53 Å². The van der Waals surface area contributed by atoms with Gasteiger partial charge < -0.3 is 4.74 Å². The van der Waals surface area contributed by atoms with E-state index in [1.807, 2.05) is 48.5 Å². The topological polar surface area (TPSA) is 26.3 Å². The van der Waals surface area contributed by atoms with Crippen LogP contribution in [0.4, 0.5) is 0 Å². The van der Waals surface area contributed by atoms with Crippen LogP contribution in [0.5, 0.6) is 0 Å². The van der Waals surface area contributed by atoms with Crippen LogP contribution in [-0.2, 0) is 4.74 Å². The van der Waals surface area contributed by atoms with E-state index >= 15 is 0 Å². The van der Waals surface area contributed by atoms with E-state index in [9.17, 15) is 4.79 Å². The molecule has 4 aromatic rings. The normalized spacial score (nSPS) is 15.4. The van der Waals surface area contributed by atoms with Crippen LogP contribution in [0.1, 0.15) is 22.0 Å². The lowest BCUT2D eigenvalue weighted by atomic mass is 9.89.